The van der Waals surface area contributed by atoms with E-state index in [0.717, 1.165) is 0 Å². The lowest BCUT2D eigenvalue weighted by Gasteiger charge is -2.00. The molecule has 0 bridgehead atoms. The lowest BCUT2D eigenvalue weighted by molar-refractivity contribution is 0.273. The van der Waals surface area contributed by atoms with Crippen LogP contribution >= 0.6 is 0 Å². The van der Waals surface area contributed by atoms with Gasteiger partial charge in [0.15, 0.2) is 0 Å². The topological polar surface area (TPSA) is 9.23 Å². The Morgan fingerprint density at radius 1 is 1.40 bits per heavy atom. The molecule has 0 unspecified atom stereocenters. The van der Waals surface area contributed by atoms with Gasteiger partial charge in [0, 0.05) is 0 Å². The molecule has 0 aliphatic carbocycles. The second kappa shape index (κ2) is 3.88. The van der Waals surface area contributed by atoms with Gasteiger partial charge in [-0.25, -0.2) is 4.39 Å². The van der Waals surface area contributed by atoms with Crippen molar-refractivity contribution in [1.82, 2.24) is 0 Å². The zero-order valence-corrected chi connectivity index (χ0v) is 5.51. The molecule has 0 aromatic heterocycles. The van der Waals surface area contributed by atoms with Crippen molar-refractivity contribution in [2.24, 2.45) is 0 Å². The average molecular weight is 139 g/mol. The Kier molecular flexibility index (Phi) is 2.74. The summed E-state index contributed by atoms with van der Waals surface area (Å²) in [5.41, 5.74) is 0. The first-order valence-corrected chi connectivity index (χ1v) is 3.08. The smallest absolute Gasteiger partial charge is 0.123 e. The van der Waals surface area contributed by atoms with Crippen LogP contribution in [0.15, 0.2) is 24.3 Å². The van der Waals surface area contributed by atoms with Crippen LogP contribution in [0.1, 0.15) is 0 Å². The zero-order chi connectivity index (χ0) is 7.23. The predicted molar refractivity (Wildman–Crippen MR) is 36.7 cm³/mol. The van der Waals surface area contributed by atoms with E-state index in [4.69, 9.17) is 4.74 Å². The van der Waals surface area contributed by atoms with Gasteiger partial charge in [-0.2, -0.15) is 0 Å². The largest absolute Gasteiger partial charge is 0.491 e. The monoisotopic (exact) mass is 139 g/mol. The number of hydrogen-bond donors (Lipinski definition) is 0. The van der Waals surface area contributed by atoms with E-state index in [2.05, 4.69) is 6.07 Å². The van der Waals surface area contributed by atoms with E-state index < -0.39 is 6.67 Å². The van der Waals surface area contributed by atoms with Crippen molar-refractivity contribution in [2.45, 2.75) is 0 Å². The van der Waals surface area contributed by atoms with Crippen molar-refractivity contribution in [1.29, 1.82) is 0 Å². The summed E-state index contributed by atoms with van der Waals surface area (Å²) in [7, 11) is 0. The molecular weight excluding hydrogens is 131 g/mol. The Morgan fingerprint density at radius 2 is 2.10 bits per heavy atom. The van der Waals surface area contributed by atoms with Crippen LogP contribution in [-0.4, -0.2) is 13.3 Å². The van der Waals surface area contributed by atoms with Crippen LogP contribution in [-0.2, 0) is 0 Å². The summed E-state index contributed by atoms with van der Waals surface area (Å²) in [6.07, 6.45) is 0. The van der Waals surface area contributed by atoms with Gasteiger partial charge in [-0.3, -0.25) is 0 Å². The third-order valence-electron chi connectivity index (χ3n) is 1.03. The highest BCUT2D eigenvalue weighted by Crippen LogP contribution is 2.06. The molecule has 0 aliphatic rings. The van der Waals surface area contributed by atoms with Gasteiger partial charge < -0.3 is 4.74 Å². The van der Waals surface area contributed by atoms with Crippen LogP contribution in [0.4, 0.5) is 4.39 Å². The average Bonchev–Trinajstić information content (AvgIpc) is 2.03. The van der Waals surface area contributed by atoms with Gasteiger partial charge in [0.05, 0.1) is 0 Å². The molecule has 10 heavy (non-hydrogen) atoms. The summed E-state index contributed by atoms with van der Waals surface area (Å²) in [5.74, 6) is 0.691. The summed E-state index contributed by atoms with van der Waals surface area (Å²) in [4.78, 5) is 0. The first-order valence-electron chi connectivity index (χ1n) is 3.08. The van der Waals surface area contributed by atoms with E-state index in [9.17, 15) is 4.39 Å². The summed E-state index contributed by atoms with van der Waals surface area (Å²) >= 11 is 0. The van der Waals surface area contributed by atoms with Crippen molar-refractivity contribution in [3.63, 3.8) is 0 Å². The van der Waals surface area contributed by atoms with E-state index >= 15 is 0 Å². The maximum absolute atomic E-state index is 11.5. The van der Waals surface area contributed by atoms with Crippen LogP contribution in [0, 0.1) is 6.07 Å². The number of benzene rings is 1. The second-order valence-corrected chi connectivity index (χ2v) is 1.77. The molecule has 1 radical (unpaired) electrons. The van der Waals surface area contributed by atoms with Crippen LogP contribution in [0.2, 0.25) is 0 Å². The lowest BCUT2D eigenvalue weighted by atomic mass is 10.3. The molecule has 0 amide bonds. The molecule has 1 nitrogen and oxygen atoms in total. The first-order chi connectivity index (χ1) is 4.93. The Morgan fingerprint density at radius 3 is 2.70 bits per heavy atom. The summed E-state index contributed by atoms with van der Waals surface area (Å²) < 4.78 is 16.5. The van der Waals surface area contributed by atoms with Crippen LogP contribution in [0.5, 0.6) is 5.75 Å². The van der Waals surface area contributed by atoms with E-state index in [-0.39, 0.29) is 6.61 Å². The van der Waals surface area contributed by atoms with Crippen LogP contribution in [0.25, 0.3) is 0 Å². The van der Waals surface area contributed by atoms with Crippen molar-refractivity contribution in [3.8, 4) is 5.75 Å². The SMILES string of the molecule is FCCOc1cc[c]cc1. The molecule has 53 valence electrons. The number of hydrogen-bond acceptors (Lipinski definition) is 1. The van der Waals surface area contributed by atoms with Gasteiger partial charge in [0.25, 0.3) is 0 Å². The molecule has 2 heteroatoms. The first kappa shape index (κ1) is 7.06. The maximum atomic E-state index is 11.5. The lowest BCUT2D eigenvalue weighted by Crippen LogP contribution is -1.97. The molecule has 0 N–H and O–H groups in total. The number of rotatable bonds is 3. The van der Waals surface area contributed by atoms with Gasteiger partial charge >= 0.3 is 0 Å². The van der Waals surface area contributed by atoms with Gasteiger partial charge in [-0.05, 0) is 18.2 Å². The summed E-state index contributed by atoms with van der Waals surface area (Å²) in [6, 6.07) is 9.79. The molecule has 1 aromatic carbocycles. The van der Waals surface area contributed by atoms with E-state index in [1.807, 2.05) is 0 Å². The van der Waals surface area contributed by atoms with Crippen LogP contribution in [0.3, 0.4) is 0 Å². The van der Waals surface area contributed by atoms with Crippen molar-refractivity contribution < 1.29 is 9.13 Å². The van der Waals surface area contributed by atoms with Crippen molar-refractivity contribution >= 4 is 0 Å². The highest BCUT2D eigenvalue weighted by atomic mass is 19.1. The third-order valence-corrected chi connectivity index (χ3v) is 1.03. The van der Waals surface area contributed by atoms with Crippen molar-refractivity contribution in [2.75, 3.05) is 13.3 Å². The normalized spacial score (nSPS) is 9.30. The molecule has 1 aromatic rings. The standard InChI is InChI=1S/C8H8FO/c9-6-7-10-8-4-2-1-3-5-8/h2-5H,6-7H2. The number of ether oxygens (including phenoxy) is 1. The Labute approximate surface area is 59.4 Å². The molecular formula is C8H8FO. The van der Waals surface area contributed by atoms with Gasteiger partial charge in [0.2, 0.25) is 0 Å². The minimum atomic E-state index is -0.446. The zero-order valence-electron chi connectivity index (χ0n) is 5.51. The highest BCUT2D eigenvalue weighted by molar-refractivity contribution is 5.20. The van der Waals surface area contributed by atoms with Gasteiger partial charge in [-0.1, -0.05) is 12.1 Å². The van der Waals surface area contributed by atoms with Crippen LogP contribution < -0.4 is 4.74 Å². The summed E-state index contributed by atoms with van der Waals surface area (Å²) in [5, 5.41) is 0. The molecule has 0 aliphatic heterocycles. The summed E-state index contributed by atoms with van der Waals surface area (Å²) in [6.45, 7) is -0.317. The van der Waals surface area contributed by atoms with Gasteiger partial charge in [0.1, 0.15) is 19.0 Å². The quantitative estimate of drug-likeness (QED) is 0.620. The number of alkyl halides is 1. The van der Waals surface area contributed by atoms with E-state index in [1.165, 1.54) is 0 Å². The second-order valence-electron chi connectivity index (χ2n) is 1.77. The fourth-order valence-corrected chi connectivity index (χ4v) is 0.624. The molecule has 1 rings (SSSR count). The molecule has 0 heterocycles. The maximum Gasteiger partial charge on any atom is 0.123 e. The molecule has 0 saturated carbocycles. The minimum Gasteiger partial charge on any atom is -0.491 e. The van der Waals surface area contributed by atoms with E-state index in [1.54, 1.807) is 24.3 Å². The van der Waals surface area contributed by atoms with Crippen molar-refractivity contribution in [3.05, 3.63) is 30.3 Å². The molecule has 0 spiro atoms. The Bertz CT molecular complexity index is 174. The molecule has 0 atom stereocenters. The molecule has 0 fully saturated rings. The van der Waals surface area contributed by atoms with E-state index in [0.29, 0.717) is 5.75 Å². The molecule has 0 saturated heterocycles. The highest BCUT2D eigenvalue weighted by Gasteiger charge is 1.87. The Balaban J connectivity index is 2.43. The Hall–Kier alpha value is -1.05. The minimum absolute atomic E-state index is 0.129. The predicted octanol–water partition coefficient (Wildman–Crippen LogP) is 1.84. The fourth-order valence-electron chi connectivity index (χ4n) is 0.624. The number of halogens is 1. The van der Waals surface area contributed by atoms with Gasteiger partial charge in [-0.15, -0.1) is 0 Å². The third kappa shape index (κ3) is 2.05. The fraction of sp³-hybridized carbons (Fsp3) is 0.250.